The zero-order valence-electron chi connectivity index (χ0n) is 12.0. The normalized spacial score (nSPS) is 10.6. The summed E-state index contributed by atoms with van der Waals surface area (Å²) < 4.78 is 31.8. The van der Waals surface area contributed by atoms with Crippen molar-refractivity contribution in [2.75, 3.05) is 6.54 Å². The summed E-state index contributed by atoms with van der Waals surface area (Å²) in [6.07, 6.45) is 1.10. The maximum Gasteiger partial charge on any atom is 0.200 e. The minimum atomic E-state index is -0.946. The molecule has 0 amide bonds. The number of benzene rings is 2. The molecule has 2 aromatic carbocycles. The Balaban J connectivity index is 1.90. The van der Waals surface area contributed by atoms with E-state index in [1.54, 1.807) is 0 Å². The third-order valence-corrected chi connectivity index (χ3v) is 3.09. The predicted molar refractivity (Wildman–Crippen MR) is 79.1 cm³/mol. The van der Waals surface area contributed by atoms with Crippen LogP contribution in [0.4, 0.5) is 8.78 Å². The molecule has 112 valence electrons. The van der Waals surface area contributed by atoms with Crippen molar-refractivity contribution in [3.05, 3.63) is 65.2 Å². The van der Waals surface area contributed by atoms with Crippen molar-refractivity contribution in [1.29, 1.82) is 0 Å². The van der Waals surface area contributed by atoms with E-state index in [4.69, 9.17) is 4.74 Å². The van der Waals surface area contributed by atoms with Gasteiger partial charge in [-0.25, -0.2) is 4.39 Å². The molecule has 0 aliphatic carbocycles. The highest BCUT2D eigenvalue weighted by molar-refractivity contribution is 5.26. The highest BCUT2D eigenvalue weighted by Crippen LogP contribution is 2.20. The van der Waals surface area contributed by atoms with Gasteiger partial charge < -0.3 is 10.1 Å². The Kier molecular flexibility index (Phi) is 5.69. The van der Waals surface area contributed by atoms with Crippen LogP contribution in [-0.2, 0) is 13.2 Å². The van der Waals surface area contributed by atoms with Gasteiger partial charge in [0, 0.05) is 6.54 Å². The molecule has 0 bridgehead atoms. The molecule has 2 rings (SSSR count). The van der Waals surface area contributed by atoms with E-state index in [1.165, 1.54) is 17.7 Å². The number of ether oxygens (including phenoxy) is 1. The molecule has 0 fully saturated rings. The van der Waals surface area contributed by atoms with Crippen LogP contribution < -0.4 is 10.1 Å². The lowest BCUT2D eigenvalue weighted by molar-refractivity contribution is 0.284. The molecule has 0 saturated carbocycles. The van der Waals surface area contributed by atoms with Crippen molar-refractivity contribution in [1.82, 2.24) is 5.32 Å². The maximum absolute atomic E-state index is 13.4. The van der Waals surface area contributed by atoms with Crippen LogP contribution in [0, 0.1) is 11.6 Å². The third kappa shape index (κ3) is 4.53. The molecule has 4 heteroatoms. The van der Waals surface area contributed by atoms with Crippen LogP contribution in [0.2, 0.25) is 0 Å². The molecule has 0 aliphatic heterocycles. The van der Waals surface area contributed by atoms with Gasteiger partial charge in [-0.1, -0.05) is 37.3 Å². The number of rotatable bonds is 7. The molecular formula is C17H19F2NO. The second-order valence-corrected chi connectivity index (χ2v) is 4.83. The van der Waals surface area contributed by atoms with Gasteiger partial charge in [0.25, 0.3) is 0 Å². The van der Waals surface area contributed by atoms with E-state index in [1.807, 2.05) is 24.3 Å². The second kappa shape index (κ2) is 7.74. The first-order valence-electron chi connectivity index (χ1n) is 7.06. The lowest BCUT2D eigenvalue weighted by Gasteiger charge is -2.08. The van der Waals surface area contributed by atoms with Gasteiger partial charge in [0.15, 0.2) is 11.6 Å². The molecule has 0 spiro atoms. The highest BCUT2D eigenvalue weighted by atomic mass is 19.2. The van der Waals surface area contributed by atoms with Crippen molar-refractivity contribution in [3.63, 3.8) is 0 Å². The van der Waals surface area contributed by atoms with Gasteiger partial charge in [-0.3, -0.25) is 0 Å². The minimum Gasteiger partial charge on any atom is -0.486 e. The van der Waals surface area contributed by atoms with Gasteiger partial charge >= 0.3 is 0 Å². The van der Waals surface area contributed by atoms with E-state index in [0.717, 1.165) is 31.1 Å². The van der Waals surface area contributed by atoms with Crippen LogP contribution in [0.3, 0.4) is 0 Å². The average Bonchev–Trinajstić information content (AvgIpc) is 2.50. The molecular weight excluding hydrogens is 272 g/mol. The Morgan fingerprint density at radius 1 is 1.00 bits per heavy atom. The van der Waals surface area contributed by atoms with Crippen molar-refractivity contribution in [2.24, 2.45) is 0 Å². The number of nitrogens with one attached hydrogen (secondary N) is 1. The highest BCUT2D eigenvalue weighted by Gasteiger charge is 2.08. The largest absolute Gasteiger partial charge is 0.486 e. The van der Waals surface area contributed by atoms with Gasteiger partial charge in [-0.2, -0.15) is 4.39 Å². The number of hydrogen-bond donors (Lipinski definition) is 1. The minimum absolute atomic E-state index is 0.0660. The Hall–Kier alpha value is -1.94. The smallest absolute Gasteiger partial charge is 0.200 e. The summed E-state index contributed by atoms with van der Waals surface area (Å²) in [6, 6.07) is 11.8. The summed E-state index contributed by atoms with van der Waals surface area (Å²) in [5.74, 6) is -1.91. The molecule has 0 heterocycles. The summed E-state index contributed by atoms with van der Waals surface area (Å²) in [5.41, 5.74) is 2.10. The van der Waals surface area contributed by atoms with Gasteiger partial charge in [-0.15, -0.1) is 0 Å². The molecule has 2 aromatic rings. The second-order valence-electron chi connectivity index (χ2n) is 4.83. The van der Waals surface area contributed by atoms with E-state index in [-0.39, 0.29) is 12.4 Å². The summed E-state index contributed by atoms with van der Waals surface area (Å²) in [6.45, 7) is 4.15. The topological polar surface area (TPSA) is 21.3 Å². The first-order chi connectivity index (χ1) is 10.2. The van der Waals surface area contributed by atoms with E-state index in [9.17, 15) is 8.78 Å². The van der Waals surface area contributed by atoms with Crippen LogP contribution in [0.1, 0.15) is 24.5 Å². The van der Waals surface area contributed by atoms with Crippen LogP contribution in [0.25, 0.3) is 0 Å². The fourth-order valence-electron chi connectivity index (χ4n) is 1.92. The molecule has 0 aromatic heterocycles. The Labute approximate surface area is 123 Å². The van der Waals surface area contributed by atoms with Crippen molar-refractivity contribution < 1.29 is 13.5 Å². The van der Waals surface area contributed by atoms with E-state index in [2.05, 4.69) is 12.2 Å². The zero-order chi connectivity index (χ0) is 15.1. The standard InChI is InChI=1S/C17H19F2NO/c1-2-10-20-11-13-6-8-14(9-7-13)12-21-16-5-3-4-15(18)17(16)19/h3-9,20H,2,10-12H2,1H3. The molecule has 0 saturated heterocycles. The van der Waals surface area contributed by atoms with Crippen molar-refractivity contribution in [3.8, 4) is 5.75 Å². The molecule has 0 unspecified atom stereocenters. The fourth-order valence-corrected chi connectivity index (χ4v) is 1.92. The maximum atomic E-state index is 13.4. The first-order valence-corrected chi connectivity index (χ1v) is 7.06. The van der Waals surface area contributed by atoms with E-state index < -0.39 is 11.6 Å². The van der Waals surface area contributed by atoms with Gasteiger partial charge in [-0.05, 0) is 36.2 Å². The molecule has 0 radical (unpaired) electrons. The molecule has 2 nitrogen and oxygen atoms in total. The van der Waals surface area contributed by atoms with E-state index >= 15 is 0 Å². The summed E-state index contributed by atoms with van der Waals surface area (Å²) >= 11 is 0. The molecule has 0 atom stereocenters. The summed E-state index contributed by atoms with van der Waals surface area (Å²) in [7, 11) is 0. The lowest BCUT2D eigenvalue weighted by atomic mass is 10.1. The van der Waals surface area contributed by atoms with Crippen molar-refractivity contribution >= 4 is 0 Å². The number of hydrogen-bond acceptors (Lipinski definition) is 2. The zero-order valence-corrected chi connectivity index (χ0v) is 12.0. The predicted octanol–water partition coefficient (Wildman–Crippen LogP) is 4.04. The van der Waals surface area contributed by atoms with E-state index in [0.29, 0.717) is 0 Å². The quantitative estimate of drug-likeness (QED) is 0.777. The Morgan fingerprint density at radius 3 is 2.43 bits per heavy atom. The fraction of sp³-hybridized carbons (Fsp3) is 0.294. The van der Waals surface area contributed by atoms with Gasteiger partial charge in [0.2, 0.25) is 5.82 Å². The molecule has 21 heavy (non-hydrogen) atoms. The van der Waals surface area contributed by atoms with Crippen LogP contribution >= 0.6 is 0 Å². The Morgan fingerprint density at radius 2 is 1.71 bits per heavy atom. The summed E-state index contributed by atoms with van der Waals surface area (Å²) in [5, 5.41) is 3.32. The van der Waals surface area contributed by atoms with Crippen LogP contribution in [-0.4, -0.2) is 6.54 Å². The monoisotopic (exact) mass is 291 g/mol. The van der Waals surface area contributed by atoms with Gasteiger partial charge in [0.05, 0.1) is 0 Å². The average molecular weight is 291 g/mol. The molecule has 1 N–H and O–H groups in total. The van der Waals surface area contributed by atoms with Crippen LogP contribution in [0.5, 0.6) is 5.75 Å². The third-order valence-electron chi connectivity index (χ3n) is 3.09. The lowest BCUT2D eigenvalue weighted by Crippen LogP contribution is -2.13. The van der Waals surface area contributed by atoms with Crippen molar-refractivity contribution in [2.45, 2.75) is 26.5 Å². The summed E-state index contributed by atoms with van der Waals surface area (Å²) in [4.78, 5) is 0. The first kappa shape index (κ1) is 15.4. The SMILES string of the molecule is CCCNCc1ccc(COc2cccc(F)c2F)cc1. The Bertz CT molecular complexity index is 570. The number of halogens is 2. The molecule has 0 aliphatic rings. The van der Waals surface area contributed by atoms with Gasteiger partial charge in [0.1, 0.15) is 6.61 Å². The van der Waals surface area contributed by atoms with Crippen LogP contribution in [0.15, 0.2) is 42.5 Å².